The topological polar surface area (TPSA) is 24.2 Å². The standard InChI is InChI=1S/C30H33N2O/c1-5-6-19-32-27-10-8-7-9-26(27)30(2,3)29(32)16-13-24-12-15-28(33)25(22-24)14-11-23-17-20-31(4)21-18-23/h7-18,20-22H,5-6,19H2,1-4H3/q+1. The van der Waals surface area contributed by atoms with Crippen LogP contribution in [0.3, 0.4) is 0 Å². The molecule has 0 radical (unpaired) electrons. The number of benzene rings is 1. The maximum atomic E-state index is 12.4. The average molecular weight is 438 g/mol. The largest absolute Gasteiger partial charge is 0.344 e. The molecule has 3 nitrogen and oxygen atoms in total. The van der Waals surface area contributed by atoms with E-state index < -0.39 is 0 Å². The molecule has 1 aliphatic heterocycles. The molecule has 0 fully saturated rings. The van der Waals surface area contributed by atoms with Gasteiger partial charge >= 0.3 is 0 Å². The van der Waals surface area contributed by atoms with Gasteiger partial charge in [-0.05, 0) is 47.4 Å². The molecule has 0 saturated heterocycles. The van der Waals surface area contributed by atoms with Crippen molar-refractivity contribution < 1.29 is 9.36 Å². The molecule has 0 saturated carbocycles. The quantitative estimate of drug-likeness (QED) is 0.518. The normalized spacial score (nSPS) is 19.6. The summed E-state index contributed by atoms with van der Waals surface area (Å²) in [7, 11) is 1.99. The fraction of sp³-hybridized carbons (Fsp3) is 0.267. The fourth-order valence-electron chi connectivity index (χ4n) is 4.48. The summed E-state index contributed by atoms with van der Waals surface area (Å²) in [5.74, 6) is 0.0377. The molecule has 1 aromatic carbocycles. The molecule has 0 unspecified atom stereocenters. The maximum Gasteiger partial charge on any atom is 0.185 e. The van der Waals surface area contributed by atoms with Crippen LogP contribution >= 0.6 is 0 Å². The Morgan fingerprint density at radius 3 is 2.52 bits per heavy atom. The Hall–Kier alpha value is -3.46. The fourth-order valence-corrected chi connectivity index (χ4v) is 4.48. The smallest absolute Gasteiger partial charge is 0.185 e. The number of carbonyl (C=O) groups excluding carboxylic acids is 1. The summed E-state index contributed by atoms with van der Waals surface area (Å²) in [6, 6.07) is 12.8. The van der Waals surface area contributed by atoms with Gasteiger partial charge in [-0.25, -0.2) is 4.57 Å². The van der Waals surface area contributed by atoms with Crippen LogP contribution in [0.2, 0.25) is 0 Å². The number of ketones is 1. The molecule has 4 rings (SSSR count). The molecular formula is C30H33N2O+. The first-order valence-electron chi connectivity index (χ1n) is 11.8. The monoisotopic (exact) mass is 437 g/mol. The average Bonchev–Trinajstić information content (AvgIpc) is 3.03. The number of anilines is 1. The lowest BCUT2D eigenvalue weighted by molar-refractivity contribution is -0.671. The first kappa shape index (κ1) is 22.7. The molecular weight excluding hydrogens is 404 g/mol. The van der Waals surface area contributed by atoms with E-state index in [-0.39, 0.29) is 11.2 Å². The number of nitrogens with zero attached hydrogens (tertiary/aromatic N) is 2. The lowest BCUT2D eigenvalue weighted by atomic mass is 9.83. The number of pyridine rings is 1. The predicted molar refractivity (Wildman–Crippen MR) is 137 cm³/mol. The van der Waals surface area contributed by atoms with E-state index in [0.29, 0.717) is 5.57 Å². The first-order chi connectivity index (χ1) is 15.9. The molecule has 1 aromatic heterocycles. The minimum Gasteiger partial charge on any atom is -0.344 e. The number of allylic oxidation sites excluding steroid dienone is 9. The predicted octanol–water partition coefficient (Wildman–Crippen LogP) is 6.00. The van der Waals surface area contributed by atoms with E-state index in [1.165, 1.54) is 16.9 Å². The van der Waals surface area contributed by atoms with Gasteiger partial charge in [0.25, 0.3) is 0 Å². The van der Waals surface area contributed by atoms with Crippen molar-refractivity contribution in [1.82, 2.24) is 0 Å². The number of rotatable bonds is 6. The molecule has 2 heterocycles. The Balaban J connectivity index is 1.64. The number of unbranched alkanes of at least 4 members (excludes halogenated alkanes) is 1. The van der Waals surface area contributed by atoms with E-state index in [9.17, 15) is 4.79 Å². The third-order valence-electron chi connectivity index (χ3n) is 6.46. The zero-order chi connectivity index (χ0) is 23.4. The van der Waals surface area contributed by atoms with Gasteiger partial charge in [0.1, 0.15) is 7.05 Å². The number of fused-ring (bicyclic) bond motifs is 1. The molecule has 2 aliphatic rings. The van der Waals surface area contributed by atoms with Crippen molar-refractivity contribution in [3.63, 3.8) is 0 Å². The molecule has 33 heavy (non-hydrogen) atoms. The van der Waals surface area contributed by atoms with E-state index >= 15 is 0 Å². The Bertz CT molecular complexity index is 1190. The van der Waals surface area contributed by atoms with Crippen LogP contribution in [-0.2, 0) is 17.3 Å². The zero-order valence-corrected chi connectivity index (χ0v) is 20.1. The first-order valence-corrected chi connectivity index (χ1v) is 11.8. The van der Waals surface area contributed by atoms with Crippen LogP contribution in [0.4, 0.5) is 5.69 Å². The highest BCUT2D eigenvalue weighted by molar-refractivity contribution is 6.08. The number of aryl methyl sites for hydroxylation is 1. The molecule has 168 valence electrons. The van der Waals surface area contributed by atoms with Gasteiger partial charge in [0, 0.05) is 41.1 Å². The second-order valence-corrected chi connectivity index (χ2v) is 9.29. The van der Waals surface area contributed by atoms with Crippen molar-refractivity contribution in [2.75, 3.05) is 11.4 Å². The van der Waals surface area contributed by atoms with Crippen LogP contribution in [0.1, 0.15) is 44.7 Å². The van der Waals surface area contributed by atoms with E-state index in [4.69, 9.17) is 0 Å². The molecule has 0 N–H and O–H groups in total. The van der Waals surface area contributed by atoms with Crippen LogP contribution in [0.25, 0.3) is 6.08 Å². The second kappa shape index (κ2) is 9.58. The number of para-hydroxylation sites is 1. The number of hydrogen-bond acceptors (Lipinski definition) is 2. The van der Waals surface area contributed by atoms with Gasteiger partial charge in [-0.15, -0.1) is 0 Å². The number of aromatic nitrogens is 1. The van der Waals surface area contributed by atoms with Crippen molar-refractivity contribution in [2.45, 2.75) is 39.0 Å². The van der Waals surface area contributed by atoms with Gasteiger partial charge in [-0.2, -0.15) is 0 Å². The van der Waals surface area contributed by atoms with E-state index in [1.807, 2.05) is 60.4 Å². The SMILES string of the molecule is CCCCN1/C(=C/C=C2\C=CC(=O)C(/C=C/c3cc[n+](C)cc3)=C2)C(C)(C)c2ccccc21. The van der Waals surface area contributed by atoms with Gasteiger partial charge in [0.15, 0.2) is 18.2 Å². The Labute approximate surface area is 197 Å². The van der Waals surface area contributed by atoms with Gasteiger partial charge in [-0.3, -0.25) is 4.79 Å². The van der Waals surface area contributed by atoms with E-state index in [1.54, 1.807) is 6.08 Å². The minimum absolute atomic E-state index is 0.0377. The highest BCUT2D eigenvalue weighted by Gasteiger charge is 2.39. The van der Waals surface area contributed by atoms with Crippen LogP contribution in [-0.4, -0.2) is 12.3 Å². The number of hydrogen-bond donors (Lipinski definition) is 0. The summed E-state index contributed by atoms with van der Waals surface area (Å²) in [4.78, 5) is 14.9. The van der Waals surface area contributed by atoms with Crippen molar-refractivity contribution >= 4 is 17.5 Å². The summed E-state index contributed by atoms with van der Waals surface area (Å²) in [5.41, 5.74) is 6.72. The summed E-state index contributed by atoms with van der Waals surface area (Å²) >= 11 is 0. The van der Waals surface area contributed by atoms with Gasteiger partial charge in [0.2, 0.25) is 0 Å². The Morgan fingerprint density at radius 1 is 1.00 bits per heavy atom. The molecule has 0 spiro atoms. The van der Waals surface area contributed by atoms with Crippen LogP contribution in [0.15, 0.2) is 102 Å². The van der Waals surface area contributed by atoms with E-state index in [2.05, 4.69) is 62.1 Å². The van der Waals surface area contributed by atoms with Gasteiger partial charge < -0.3 is 4.90 Å². The second-order valence-electron chi connectivity index (χ2n) is 9.29. The highest BCUT2D eigenvalue weighted by atomic mass is 16.1. The summed E-state index contributed by atoms with van der Waals surface area (Å²) in [5, 5.41) is 0. The third kappa shape index (κ3) is 4.83. The van der Waals surface area contributed by atoms with Gasteiger partial charge in [-0.1, -0.05) is 69.7 Å². The third-order valence-corrected chi connectivity index (χ3v) is 6.46. The minimum atomic E-state index is -0.0640. The van der Waals surface area contributed by atoms with Crippen molar-refractivity contribution in [3.05, 3.63) is 113 Å². The molecule has 0 atom stereocenters. The van der Waals surface area contributed by atoms with E-state index in [0.717, 1.165) is 30.5 Å². The van der Waals surface area contributed by atoms with Crippen molar-refractivity contribution in [2.24, 2.45) is 7.05 Å². The summed E-state index contributed by atoms with van der Waals surface area (Å²) < 4.78 is 1.99. The van der Waals surface area contributed by atoms with Crippen molar-refractivity contribution in [1.29, 1.82) is 0 Å². The summed E-state index contributed by atoms with van der Waals surface area (Å²) in [6.07, 6.45) is 20.1. The lowest BCUT2D eigenvalue weighted by Crippen LogP contribution is -2.26. The molecule has 2 aromatic rings. The highest BCUT2D eigenvalue weighted by Crippen LogP contribution is 2.47. The van der Waals surface area contributed by atoms with Crippen LogP contribution < -0.4 is 9.47 Å². The Morgan fingerprint density at radius 2 is 1.76 bits per heavy atom. The Kier molecular flexibility index (Phi) is 6.60. The zero-order valence-electron chi connectivity index (χ0n) is 20.1. The maximum absolute atomic E-state index is 12.4. The summed E-state index contributed by atoms with van der Waals surface area (Å²) in [6.45, 7) is 7.84. The lowest BCUT2D eigenvalue weighted by Gasteiger charge is -2.27. The number of carbonyl (C=O) groups is 1. The van der Waals surface area contributed by atoms with Gasteiger partial charge in [0.05, 0.1) is 0 Å². The molecule has 1 aliphatic carbocycles. The van der Waals surface area contributed by atoms with Crippen molar-refractivity contribution in [3.8, 4) is 0 Å². The molecule has 3 heteroatoms. The van der Waals surface area contributed by atoms with Crippen LogP contribution in [0, 0.1) is 0 Å². The molecule has 0 bridgehead atoms. The molecule has 0 amide bonds. The van der Waals surface area contributed by atoms with Crippen LogP contribution in [0.5, 0.6) is 0 Å².